The average Bonchev–Trinajstić information content (AvgIpc) is 3.91. The van der Waals surface area contributed by atoms with Crippen molar-refractivity contribution in [2.45, 2.75) is 70.6 Å². The molecule has 0 radical (unpaired) electrons. The monoisotopic (exact) mass is 776 g/mol. The predicted molar refractivity (Wildman–Crippen MR) is 249 cm³/mol. The molecule has 0 amide bonds. The third kappa shape index (κ3) is 4.57. The highest BCUT2D eigenvalue weighted by Crippen LogP contribution is 2.63. The van der Waals surface area contributed by atoms with Gasteiger partial charge in [-0.2, -0.15) is 0 Å². The Bertz CT molecular complexity index is 3170. The van der Waals surface area contributed by atoms with E-state index in [9.17, 15) is 0 Å². The predicted octanol–water partition coefficient (Wildman–Crippen LogP) is 13.8. The minimum atomic E-state index is -0.571. The summed E-state index contributed by atoms with van der Waals surface area (Å²) in [5.74, 6) is 0. The van der Waals surface area contributed by atoms with E-state index in [1.165, 1.54) is 88.2 Å². The van der Waals surface area contributed by atoms with Crippen LogP contribution in [0.5, 0.6) is 0 Å². The number of para-hydroxylation sites is 1. The van der Waals surface area contributed by atoms with Gasteiger partial charge in [0.1, 0.15) is 0 Å². The highest BCUT2D eigenvalue weighted by atomic mass is 15.2. The van der Waals surface area contributed by atoms with E-state index in [1.54, 1.807) is 0 Å². The number of hydrogen-bond acceptors (Lipinski definition) is 3. The molecule has 0 N–H and O–H groups in total. The van der Waals surface area contributed by atoms with Gasteiger partial charge >= 0.3 is 0 Å². The van der Waals surface area contributed by atoms with Crippen molar-refractivity contribution in [1.82, 2.24) is 14.5 Å². The van der Waals surface area contributed by atoms with Gasteiger partial charge in [0.25, 0.3) is 0 Å². The molecule has 0 aliphatic heterocycles. The van der Waals surface area contributed by atoms with Crippen LogP contribution in [0.4, 0.5) is 17.1 Å². The Morgan fingerprint density at radius 3 is 1.65 bits per heavy atom. The van der Waals surface area contributed by atoms with Crippen molar-refractivity contribution in [2.75, 3.05) is 4.90 Å². The second kappa shape index (κ2) is 12.0. The van der Waals surface area contributed by atoms with Crippen molar-refractivity contribution < 1.29 is 0 Å². The maximum Gasteiger partial charge on any atom is 0.0937 e. The van der Waals surface area contributed by atoms with Crippen molar-refractivity contribution >= 4 is 49.6 Å². The molecule has 292 valence electrons. The summed E-state index contributed by atoms with van der Waals surface area (Å²) in [5.41, 5.74) is 20.7. The van der Waals surface area contributed by atoms with Crippen LogP contribution in [0.1, 0.15) is 86.1 Å². The van der Waals surface area contributed by atoms with E-state index < -0.39 is 5.41 Å². The maximum absolute atomic E-state index is 5.06. The molecule has 4 nitrogen and oxygen atoms in total. The van der Waals surface area contributed by atoms with E-state index in [0.29, 0.717) is 0 Å². The lowest BCUT2D eigenvalue weighted by molar-refractivity contribution is 0.590. The standard InChI is InChI=1S/C56H48N4/c1-54(2,3)35-19-23-37(24-20-35)60(38-25-21-36(22-26-38)55(4,5)6)46-14-8-11-39-40-28-30-43-49(53(40)59(7)52(39)46)41-27-17-33-15-16-34-18-29-42(48(41)47(33)34)56(43)44-12-9-31-57-50(44)51-45(56)13-10-32-58-51/h8-14,17-32H,15-16H2,1-7H3. The van der Waals surface area contributed by atoms with Crippen LogP contribution in [0.3, 0.4) is 0 Å². The van der Waals surface area contributed by atoms with Crippen LogP contribution in [0.25, 0.3) is 55.1 Å². The lowest BCUT2D eigenvalue weighted by atomic mass is 9.61. The van der Waals surface area contributed by atoms with Crippen LogP contribution in [0, 0.1) is 0 Å². The van der Waals surface area contributed by atoms with Crippen LogP contribution < -0.4 is 4.90 Å². The molecule has 12 rings (SSSR count). The fraction of sp³-hybridized carbons (Fsp3) is 0.214. The second-order valence-electron chi connectivity index (χ2n) is 19.4. The summed E-state index contributed by atoms with van der Waals surface area (Å²) in [7, 11) is 2.29. The molecule has 0 unspecified atom stereocenters. The molecule has 3 aromatic heterocycles. The summed E-state index contributed by atoms with van der Waals surface area (Å²) in [4.78, 5) is 12.6. The first-order valence-electron chi connectivity index (χ1n) is 21.5. The lowest BCUT2D eigenvalue weighted by Crippen LogP contribution is -2.32. The van der Waals surface area contributed by atoms with Gasteiger partial charge in [0, 0.05) is 47.2 Å². The summed E-state index contributed by atoms with van der Waals surface area (Å²) in [6.07, 6.45) is 6.01. The van der Waals surface area contributed by atoms with Gasteiger partial charge in [-0.1, -0.05) is 126 Å². The summed E-state index contributed by atoms with van der Waals surface area (Å²) < 4.78 is 2.50. The van der Waals surface area contributed by atoms with E-state index in [1.807, 2.05) is 12.4 Å². The molecule has 4 heteroatoms. The third-order valence-corrected chi connectivity index (χ3v) is 14.1. The summed E-state index contributed by atoms with van der Waals surface area (Å²) in [5, 5.41) is 5.34. The van der Waals surface area contributed by atoms with Crippen LogP contribution in [0.15, 0.2) is 140 Å². The first-order valence-corrected chi connectivity index (χ1v) is 21.5. The largest absolute Gasteiger partial charge is 0.341 e. The van der Waals surface area contributed by atoms with E-state index in [-0.39, 0.29) is 10.8 Å². The molecule has 60 heavy (non-hydrogen) atoms. The normalized spacial score (nSPS) is 14.6. The summed E-state index contributed by atoms with van der Waals surface area (Å²) in [6, 6.07) is 48.7. The molecule has 3 aliphatic rings. The minimum Gasteiger partial charge on any atom is -0.341 e. The first kappa shape index (κ1) is 35.4. The number of hydrogen-bond donors (Lipinski definition) is 0. The lowest BCUT2D eigenvalue weighted by Gasteiger charge is -2.40. The van der Waals surface area contributed by atoms with Gasteiger partial charge in [-0.05, 0) is 127 Å². The Morgan fingerprint density at radius 1 is 0.517 bits per heavy atom. The van der Waals surface area contributed by atoms with Gasteiger partial charge in [0.15, 0.2) is 0 Å². The number of fused-ring (bicyclic) bond motifs is 13. The minimum absolute atomic E-state index is 0.0546. The first-order chi connectivity index (χ1) is 29.0. The fourth-order valence-electron chi connectivity index (χ4n) is 11.3. The van der Waals surface area contributed by atoms with Crippen molar-refractivity contribution in [3.8, 4) is 22.5 Å². The Balaban J connectivity index is 1.19. The average molecular weight is 777 g/mol. The Labute approximate surface area is 352 Å². The number of pyridine rings is 2. The number of rotatable bonds is 3. The molecule has 0 atom stereocenters. The van der Waals surface area contributed by atoms with Gasteiger partial charge < -0.3 is 9.47 Å². The molecule has 0 saturated heterocycles. The zero-order valence-electron chi connectivity index (χ0n) is 35.5. The molecule has 0 saturated carbocycles. The number of benzene rings is 6. The van der Waals surface area contributed by atoms with Crippen molar-refractivity contribution in [3.05, 3.63) is 184 Å². The zero-order chi connectivity index (χ0) is 40.9. The number of nitrogens with zero attached hydrogens (tertiary/aromatic N) is 4. The molecule has 3 heterocycles. The van der Waals surface area contributed by atoms with E-state index in [2.05, 4.69) is 185 Å². The van der Waals surface area contributed by atoms with Gasteiger partial charge in [-0.25, -0.2) is 0 Å². The molecular formula is C56H48N4. The Morgan fingerprint density at radius 2 is 1.07 bits per heavy atom. The molecule has 0 bridgehead atoms. The molecule has 1 spiro atoms. The van der Waals surface area contributed by atoms with Gasteiger partial charge in [0.2, 0.25) is 0 Å². The highest BCUT2D eigenvalue weighted by molar-refractivity contribution is 6.21. The van der Waals surface area contributed by atoms with Gasteiger partial charge in [-0.15, -0.1) is 0 Å². The topological polar surface area (TPSA) is 34.0 Å². The summed E-state index contributed by atoms with van der Waals surface area (Å²) in [6.45, 7) is 13.7. The van der Waals surface area contributed by atoms with Crippen molar-refractivity contribution in [2.24, 2.45) is 7.05 Å². The van der Waals surface area contributed by atoms with Crippen LogP contribution in [0.2, 0.25) is 0 Å². The SMILES string of the molecule is Cn1c2c(N(c3ccc(C(C)(C)C)cc3)c3ccc(C(C)(C)C)cc3)cccc2c2ccc3c(c21)-c1ccc2c4c(ccc(c14)C31c3cccnc3-c3ncccc31)CC2. The second-order valence-corrected chi connectivity index (χ2v) is 19.4. The summed E-state index contributed by atoms with van der Waals surface area (Å²) >= 11 is 0. The number of aromatic nitrogens is 3. The molecule has 3 aliphatic carbocycles. The van der Waals surface area contributed by atoms with Crippen molar-refractivity contribution in [3.63, 3.8) is 0 Å². The maximum atomic E-state index is 5.06. The van der Waals surface area contributed by atoms with Gasteiger partial charge in [-0.3, -0.25) is 9.97 Å². The van der Waals surface area contributed by atoms with Crippen LogP contribution in [-0.2, 0) is 36.1 Å². The molecule has 6 aromatic carbocycles. The molecule has 9 aromatic rings. The smallest absolute Gasteiger partial charge is 0.0937 e. The Hall–Kier alpha value is -6.52. The fourth-order valence-corrected chi connectivity index (χ4v) is 11.3. The zero-order valence-corrected chi connectivity index (χ0v) is 35.5. The quantitative estimate of drug-likeness (QED) is 0.179. The molecular weight excluding hydrogens is 729 g/mol. The van der Waals surface area contributed by atoms with Gasteiger partial charge in [0.05, 0.1) is 33.5 Å². The number of aryl methyl sites for hydroxylation is 3. The van der Waals surface area contributed by atoms with Crippen LogP contribution >= 0.6 is 0 Å². The highest BCUT2D eigenvalue weighted by Gasteiger charge is 2.52. The van der Waals surface area contributed by atoms with E-state index in [4.69, 9.17) is 9.97 Å². The molecule has 0 fully saturated rings. The Kier molecular flexibility index (Phi) is 7.11. The third-order valence-electron chi connectivity index (χ3n) is 14.1. The van der Waals surface area contributed by atoms with E-state index >= 15 is 0 Å². The van der Waals surface area contributed by atoms with Crippen molar-refractivity contribution in [1.29, 1.82) is 0 Å². The number of anilines is 3. The van der Waals surface area contributed by atoms with E-state index in [0.717, 1.165) is 41.3 Å². The van der Waals surface area contributed by atoms with Crippen LogP contribution in [-0.4, -0.2) is 14.5 Å².